The van der Waals surface area contributed by atoms with E-state index in [1.807, 2.05) is 0 Å². The molecule has 1 unspecified atom stereocenters. The fourth-order valence-electron chi connectivity index (χ4n) is 2.52. The fourth-order valence-corrected chi connectivity index (χ4v) is 2.52. The van der Waals surface area contributed by atoms with E-state index in [0.717, 1.165) is 0 Å². The molecule has 0 spiro atoms. The molecule has 0 aliphatic carbocycles. The van der Waals surface area contributed by atoms with Crippen molar-refractivity contribution in [3.63, 3.8) is 0 Å². The van der Waals surface area contributed by atoms with Crippen LogP contribution in [0.15, 0.2) is 0 Å². The monoisotopic (exact) mass is 233 g/mol. The number of hydrogen-bond donors (Lipinski definition) is 2. The Bertz CT molecular complexity index is 260. The molecule has 16 heavy (non-hydrogen) atoms. The molecule has 0 bridgehead atoms. The van der Waals surface area contributed by atoms with Crippen LogP contribution in [0.5, 0.6) is 0 Å². The molecule has 1 fully saturated rings. The third kappa shape index (κ3) is 2.78. The SMILES string of the molecule is CC(=O)C[C@H]1CN(C)[C@H](C(C)F)[C@@H](O)[C@@H]1O. The molecule has 1 aliphatic heterocycles. The second-order valence-corrected chi connectivity index (χ2v) is 4.76. The summed E-state index contributed by atoms with van der Waals surface area (Å²) < 4.78 is 13.3. The van der Waals surface area contributed by atoms with Crippen molar-refractivity contribution in [2.75, 3.05) is 13.6 Å². The Morgan fingerprint density at radius 1 is 1.50 bits per heavy atom. The van der Waals surface area contributed by atoms with E-state index < -0.39 is 24.4 Å². The van der Waals surface area contributed by atoms with Gasteiger partial charge in [0.05, 0.1) is 18.2 Å². The van der Waals surface area contributed by atoms with E-state index in [0.29, 0.717) is 6.54 Å². The normalized spacial score (nSPS) is 38.4. The van der Waals surface area contributed by atoms with Gasteiger partial charge in [-0.15, -0.1) is 0 Å². The number of hydrogen-bond acceptors (Lipinski definition) is 4. The standard InChI is InChI=1S/C11H20FNO3/c1-6(14)4-8-5-13(3)9(7(2)12)11(16)10(8)15/h7-11,15-16H,4-5H2,1-3H3/t7?,8-,9+,10+,11+/m0/s1. The summed E-state index contributed by atoms with van der Waals surface area (Å²) in [6, 6.07) is -0.696. The second-order valence-electron chi connectivity index (χ2n) is 4.76. The molecule has 5 atom stereocenters. The largest absolute Gasteiger partial charge is 0.390 e. The van der Waals surface area contributed by atoms with Crippen molar-refractivity contribution in [1.82, 2.24) is 4.90 Å². The number of piperidine rings is 1. The summed E-state index contributed by atoms with van der Waals surface area (Å²) in [5.74, 6) is -0.344. The highest BCUT2D eigenvalue weighted by molar-refractivity contribution is 5.75. The van der Waals surface area contributed by atoms with Crippen LogP contribution in [-0.2, 0) is 4.79 Å². The van der Waals surface area contributed by atoms with Crippen molar-refractivity contribution in [3.05, 3.63) is 0 Å². The number of aliphatic hydroxyl groups is 2. The molecule has 1 heterocycles. The number of ketones is 1. The predicted octanol–water partition coefficient (Wildman–Crippen LogP) is -0.0245. The van der Waals surface area contributed by atoms with Crippen molar-refractivity contribution in [2.24, 2.45) is 5.92 Å². The molecule has 1 rings (SSSR count). The molecule has 0 aromatic heterocycles. The average molecular weight is 233 g/mol. The lowest BCUT2D eigenvalue weighted by atomic mass is 9.83. The Hall–Kier alpha value is -0.520. The molecule has 5 heteroatoms. The maximum atomic E-state index is 13.3. The van der Waals surface area contributed by atoms with E-state index in [4.69, 9.17) is 0 Å². The Morgan fingerprint density at radius 2 is 2.06 bits per heavy atom. The summed E-state index contributed by atoms with van der Waals surface area (Å²) in [7, 11) is 1.70. The minimum atomic E-state index is -1.21. The summed E-state index contributed by atoms with van der Waals surface area (Å²) >= 11 is 0. The van der Waals surface area contributed by atoms with Crippen molar-refractivity contribution in [1.29, 1.82) is 0 Å². The number of aliphatic hydroxyl groups excluding tert-OH is 2. The first-order valence-corrected chi connectivity index (χ1v) is 5.54. The van der Waals surface area contributed by atoms with Gasteiger partial charge in [-0.25, -0.2) is 4.39 Å². The summed E-state index contributed by atoms with van der Waals surface area (Å²) in [6.45, 7) is 3.24. The Morgan fingerprint density at radius 3 is 2.50 bits per heavy atom. The number of rotatable bonds is 3. The molecule has 1 aliphatic rings. The topological polar surface area (TPSA) is 60.8 Å². The van der Waals surface area contributed by atoms with Gasteiger partial charge in [0.2, 0.25) is 0 Å². The molecular formula is C11H20FNO3. The minimum Gasteiger partial charge on any atom is -0.390 e. The Labute approximate surface area is 95.1 Å². The van der Waals surface area contributed by atoms with Crippen LogP contribution in [0.3, 0.4) is 0 Å². The first-order chi connectivity index (χ1) is 7.34. The predicted molar refractivity (Wildman–Crippen MR) is 57.8 cm³/mol. The quantitative estimate of drug-likeness (QED) is 0.719. The lowest BCUT2D eigenvalue weighted by Gasteiger charge is -2.44. The summed E-state index contributed by atoms with van der Waals surface area (Å²) in [6.07, 6.45) is -3.16. The van der Waals surface area contributed by atoms with E-state index in [1.165, 1.54) is 13.8 Å². The van der Waals surface area contributed by atoms with Gasteiger partial charge in [0.25, 0.3) is 0 Å². The van der Waals surface area contributed by atoms with Crippen molar-refractivity contribution in [3.8, 4) is 0 Å². The van der Waals surface area contributed by atoms with Gasteiger partial charge in [0.1, 0.15) is 12.0 Å². The Kier molecular flexibility index (Phi) is 4.41. The molecule has 0 saturated carbocycles. The molecule has 0 aromatic carbocycles. The first-order valence-electron chi connectivity index (χ1n) is 5.54. The lowest BCUT2D eigenvalue weighted by Crippen LogP contribution is -2.60. The molecule has 0 aromatic rings. The van der Waals surface area contributed by atoms with Gasteiger partial charge in [-0.2, -0.15) is 0 Å². The maximum Gasteiger partial charge on any atom is 0.130 e. The van der Waals surface area contributed by atoms with Crippen molar-refractivity contribution >= 4 is 5.78 Å². The number of carbonyl (C=O) groups is 1. The number of carbonyl (C=O) groups excluding carboxylic acids is 1. The van der Waals surface area contributed by atoms with Crippen LogP contribution >= 0.6 is 0 Å². The van der Waals surface area contributed by atoms with E-state index in [-0.39, 0.29) is 18.1 Å². The number of likely N-dealkylation sites (N-methyl/N-ethyl adjacent to an activating group) is 1. The van der Waals surface area contributed by atoms with E-state index in [9.17, 15) is 19.4 Å². The van der Waals surface area contributed by atoms with Crippen LogP contribution in [0.2, 0.25) is 0 Å². The molecule has 4 nitrogen and oxygen atoms in total. The highest BCUT2D eigenvalue weighted by atomic mass is 19.1. The molecule has 2 N–H and O–H groups in total. The van der Waals surface area contributed by atoms with Crippen molar-refractivity contribution < 1.29 is 19.4 Å². The molecule has 0 amide bonds. The van der Waals surface area contributed by atoms with Crippen LogP contribution < -0.4 is 0 Å². The average Bonchev–Trinajstić information content (AvgIpc) is 2.12. The summed E-state index contributed by atoms with van der Waals surface area (Å²) in [5, 5.41) is 19.6. The van der Waals surface area contributed by atoms with Gasteiger partial charge in [-0.05, 0) is 20.9 Å². The van der Waals surface area contributed by atoms with E-state index in [1.54, 1.807) is 11.9 Å². The van der Waals surface area contributed by atoms with Gasteiger partial charge in [0, 0.05) is 18.9 Å². The summed E-state index contributed by atoms with van der Waals surface area (Å²) in [5.41, 5.74) is 0. The highest BCUT2D eigenvalue weighted by Gasteiger charge is 2.43. The van der Waals surface area contributed by atoms with Crippen LogP contribution in [0.4, 0.5) is 4.39 Å². The van der Waals surface area contributed by atoms with E-state index >= 15 is 0 Å². The maximum absolute atomic E-state index is 13.3. The number of alkyl halides is 1. The third-order valence-corrected chi connectivity index (χ3v) is 3.23. The minimum absolute atomic E-state index is 0.0311. The number of likely N-dealkylation sites (tertiary alicyclic amines) is 1. The lowest BCUT2D eigenvalue weighted by molar-refractivity contribution is -0.131. The Balaban J connectivity index is 2.74. The van der Waals surface area contributed by atoms with Crippen LogP contribution in [0.25, 0.3) is 0 Å². The van der Waals surface area contributed by atoms with Gasteiger partial charge in [-0.1, -0.05) is 0 Å². The zero-order valence-electron chi connectivity index (χ0n) is 9.93. The highest BCUT2D eigenvalue weighted by Crippen LogP contribution is 2.27. The molecule has 94 valence electrons. The first kappa shape index (κ1) is 13.5. The smallest absolute Gasteiger partial charge is 0.130 e. The fraction of sp³-hybridized carbons (Fsp3) is 0.909. The summed E-state index contributed by atoms with van der Waals surface area (Å²) in [4.78, 5) is 12.7. The zero-order chi connectivity index (χ0) is 12.5. The van der Waals surface area contributed by atoms with E-state index in [2.05, 4.69) is 0 Å². The van der Waals surface area contributed by atoms with Gasteiger partial charge in [-0.3, -0.25) is 4.90 Å². The molecular weight excluding hydrogens is 213 g/mol. The molecule has 1 saturated heterocycles. The van der Waals surface area contributed by atoms with Gasteiger partial charge in [0.15, 0.2) is 0 Å². The number of halogens is 1. The van der Waals surface area contributed by atoms with Crippen molar-refractivity contribution in [2.45, 2.75) is 44.7 Å². The van der Waals surface area contributed by atoms with Crippen LogP contribution in [-0.4, -0.2) is 58.9 Å². The second kappa shape index (κ2) is 5.21. The van der Waals surface area contributed by atoms with Gasteiger partial charge >= 0.3 is 0 Å². The number of Topliss-reactive ketones (excluding diaryl/α,β-unsaturated/α-hetero) is 1. The van der Waals surface area contributed by atoms with Crippen LogP contribution in [0.1, 0.15) is 20.3 Å². The number of nitrogens with zero attached hydrogens (tertiary/aromatic N) is 1. The van der Waals surface area contributed by atoms with Crippen LogP contribution in [0, 0.1) is 5.92 Å². The third-order valence-electron chi connectivity index (χ3n) is 3.23. The molecule has 0 radical (unpaired) electrons. The zero-order valence-corrected chi connectivity index (χ0v) is 9.93. The van der Waals surface area contributed by atoms with Gasteiger partial charge < -0.3 is 15.0 Å².